The van der Waals surface area contributed by atoms with E-state index in [1.54, 1.807) is 6.92 Å². The van der Waals surface area contributed by atoms with Gasteiger partial charge in [0.1, 0.15) is 0 Å². The van der Waals surface area contributed by atoms with Crippen LogP contribution >= 0.6 is 0 Å². The van der Waals surface area contributed by atoms with Crippen LogP contribution in [0.4, 0.5) is 0 Å². The van der Waals surface area contributed by atoms with Gasteiger partial charge in [-0.2, -0.15) is 0 Å². The van der Waals surface area contributed by atoms with E-state index < -0.39 is 9.84 Å². The van der Waals surface area contributed by atoms with Gasteiger partial charge >= 0.3 is 0 Å². The van der Waals surface area contributed by atoms with Crippen LogP contribution in [-0.4, -0.2) is 32.5 Å². The zero-order valence-electron chi connectivity index (χ0n) is 10.7. The van der Waals surface area contributed by atoms with Crippen LogP contribution in [0.3, 0.4) is 0 Å². The Balaban J connectivity index is 2.31. The van der Waals surface area contributed by atoms with Crippen molar-refractivity contribution in [1.82, 2.24) is 5.32 Å². The van der Waals surface area contributed by atoms with E-state index in [1.807, 2.05) is 0 Å². The van der Waals surface area contributed by atoms with Gasteiger partial charge in [0.25, 0.3) is 0 Å². The molecule has 0 saturated heterocycles. The maximum absolute atomic E-state index is 11.3. The smallest absolute Gasteiger partial charge is 0.151 e. The zero-order chi connectivity index (χ0) is 12.2. The number of sulfone groups is 1. The van der Waals surface area contributed by atoms with E-state index in [4.69, 9.17) is 0 Å². The summed E-state index contributed by atoms with van der Waals surface area (Å²) >= 11 is 0. The molecule has 3 atom stereocenters. The van der Waals surface area contributed by atoms with E-state index in [0.29, 0.717) is 18.5 Å². The van der Waals surface area contributed by atoms with Crippen LogP contribution in [0.5, 0.6) is 0 Å². The minimum atomic E-state index is -2.81. The Morgan fingerprint density at radius 2 is 1.94 bits per heavy atom. The molecule has 96 valence electrons. The summed E-state index contributed by atoms with van der Waals surface area (Å²) in [7, 11) is -2.81. The van der Waals surface area contributed by atoms with Crippen molar-refractivity contribution in [1.29, 1.82) is 0 Å². The lowest BCUT2D eigenvalue weighted by molar-refractivity contribution is 0.232. The lowest BCUT2D eigenvalue weighted by Crippen LogP contribution is -2.41. The molecule has 3 nitrogen and oxygen atoms in total. The summed E-state index contributed by atoms with van der Waals surface area (Å²) in [5, 5.41) is 3.41. The van der Waals surface area contributed by atoms with Crippen molar-refractivity contribution in [2.45, 2.75) is 46.1 Å². The molecule has 0 bridgehead atoms. The van der Waals surface area contributed by atoms with Crippen LogP contribution in [0.15, 0.2) is 0 Å². The third-order valence-corrected chi connectivity index (χ3v) is 5.42. The second-order valence-corrected chi connectivity index (χ2v) is 7.67. The highest BCUT2D eigenvalue weighted by Gasteiger charge is 2.25. The van der Waals surface area contributed by atoms with E-state index in [1.165, 1.54) is 19.3 Å². The molecular weight excluding hydrogens is 222 g/mol. The SMILES string of the molecule is CCS(=O)(=O)CCNC1CC(C)CCC1C. The number of nitrogens with one attached hydrogen (secondary N) is 1. The Kier molecular flexibility index (Phi) is 5.25. The average molecular weight is 247 g/mol. The highest BCUT2D eigenvalue weighted by atomic mass is 32.2. The summed E-state index contributed by atoms with van der Waals surface area (Å²) in [6.07, 6.45) is 3.76. The van der Waals surface area contributed by atoms with Gasteiger partial charge in [-0.05, 0) is 24.7 Å². The lowest BCUT2D eigenvalue weighted by atomic mass is 9.80. The van der Waals surface area contributed by atoms with Gasteiger partial charge in [-0.3, -0.25) is 0 Å². The predicted octanol–water partition coefficient (Wildman–Crippen LogP) is 1.84. The van der Waals surface area contributed by atoms with Crippen molar-refractivity contribution < 1.29 is 8.42 Å². The molecule has 16 heavy (non-hydrogen) atoms. The van der Waals surface area contributed by atoms with E-state index >= 15 is 0 Å². The van der Waals surface area contributed by atoms with Gasteiger partial charge in [0.05, 0.1) is 5.75 Å². The van der Waals surface area contributed by atoms with Gasteiger partial charge in [0.2, 0.25) is 0 Å². The second-order valence-electron chi connectivity index (χ2n) is 5.19. The maximum Gasteiger partial charge on any atom is 0.151 e. The summed E-state index contributed by atoms with van der Waals surface area (Å²) in [6.45, 7) is 6.86. The molecule has 1 saturated carbocycles. The van der Waals surface area contributed by atoms with Gasteiger partial charge in [-0.15, -0.1) is 0 Å². The molecule has 0 amide bonds. The van der Waals surface area contributed by atoms with Gasteiger partial charge in [0.15, 0.2) is 9.84 Å². The summed E-state index contributed by atoms with van der Waals surface area (Å²) in [5.41, 5.74) is 0. The Labute approximate surface area is 99.9 Å². The van der Waals surface area contributed by atoms with Crippen LogP contribution in [0.2, 0.25) is 0 Å². The summed E-state index contributed by atoms with van der Waals surface area (Å²) < 4.78 is 22.7. The normalized spacial score (nSPS) is 31.6. The van der Waals surface area contributed by atoms with Crippen molar-refractivity contribution in [2.24, 2.45) is 11.8 Å². The molecule has 1 fully saturated rings. The van der Waals surface area contributed by atoms with Crippen LogP contribution in [0.1, 0.15) is 40.0 Å². The van der Waals surface area contributed by atoms with Crippen LogP contribution in [0.25, 0.3) is 0 Å². The predicted molar refractivity (Wildman–Crippen MR) is 68.3 cm³/mol. The molecule has 0 radical (unpaired) electrons. The molecule has 0 aromatic carbocycles. The van der Waals surface area contributed by atoms with Gasteiger partial charge in [-0.25, -0.2) is 8.42 Å². The Morgan fingerprint density at radius 1 is 1.25 bits per heavy atom. The molecule has 0 aromatic rings. The Morgan fingerprint density at radius 3 is 2.56 bits per heavy atom. The monoisotopic (exact) mass is 247 g/mol. The molecule has 0 heterocycles. The van der Waals surface area contributed by atoms with E-state index in [9.17, 15) is 8.42 Å². The van der Waals surface area contributed by atoms with Gasteiger partial charge < -0.3 is 5.32 Å². The first-order chi connectivity index (χ1) is 7.44. The third kappa shape index (κ3) is 4.42. The van der Waals surface area contributed by atoms with Gasteiger partial charge in [0, 0.05) is 18.3 Å². The topological polar surface area (TPSA) is 46.2 Å². The quantitative estimate of drug-likeness (QED) is 0.806. The molecule has 1 N–H and O–H groups in total. The number of rotatable bonds is 5. The van der Waals surface area contributed by atoms with Gasteiger partial charge in [-0.1, -0.05) is 27.2 Å². The number of hydrogen-bond donors (Lipinski definition) is 1. The highest BCUT2D eigenvalue weighted by molar-refractivity contribution is 7.91. The summed E-state index contributed by atoms with van der Waals surface area (Å²) in [4.78, 5) is 0. The molecule has 3 unspecified atom stereocenters. The first-order valence-corrected chi connectivity index (χ1v) is 8.20. The minimum Gasteiger partial charge on any atom is -0.313 e. The summed E-state index contributed by atoms with van der Waals surface area (Å²) in [6, 6.07) is 0.510. The maximum atomic E-state index is 11.3. The third-order valence-electron chi connectivity index (χ3n) is 3.72. The minimum absolute atomic E-state index is 0.255. The summed E-state index contributed by atoms with van der Waals surface area (Å²) in [5.74, 6) is 1.99. The fourth-order valence-corrected chi connectivity index (χ4v) is 3.08. The van der Waals surface area contributed by atoms with Crippen molar-refractivity contribution >= 4 is 9.84 Å². The first kappa shape index (κ1) is 14.0. The standard InChI is InChI=1S/C12H25NO2S/c1-4-16(14,15)8-7-13-12-9-10(2)5-6-11(12)3/h10-13H,4-9H2,1-3H3. The van der Waals surface area contributed by atoms with Crippen molar-refractivity contribution in [2.75, 3.05) is 18.1 Å². The van der Waals surface area contributed by atoms with Crippen molar-refractivity contribution in [3.8, 4) is 0 Å². The highest BCUT2D eigenvalue weighted by Crippen LogP contribution is 2.28. The Hall–Kier alpha value is -0.0900. The van der Waals surface area contributed by atoms with E-state index in [-0.39, 0.29) is 11.5 Å². The molecule has 1 aliphatic carbocycles. The molecule has 1 rings (SSSR count). The lowest BCUT2D eigenvalue weighted by Gasteiger charge is -2.33. The van der Waals surface area contributed by atoms with E-state index in [2.05, 4.69) is 19.2 Å². The first-order valence-electron chi connectivity index (χ1n) is 6.38. The van der Waals surface area contributed by atoms with Crippen LogP contribution in [0, 0.1) is 11.8 Å². The van der Waals surface area contributed by atoms with Crippen LogP contribution in [-0.2, 0) is 9.84 Å². The Bertz CT molecular complexity index is 300. The average Bonchev–Trinajstić information content (AvgIpc) is 2.23. The van der Waals surface area contributed by atoms with E-state index in [0.717, 1.165) is 5.92 Å². The van der Waals surface area contributed by atoms with Crippen molar-refractivity contribution in [3.63, 3.8) is 0 Å². The fraction of sp³-hybridized carbons (Fsp3) is 1.00. The molecular formula is C12H25NO2S. The number of hydrogen-bond acceptors (Lipinski definition) is 3. The molecule has 0 aliphatic heterocycles. The van der Waals surface area contributed by atoms with Crippen molar-refractivity contribution in [3.05, 3.63) is 0 Å². The zero-order valence-corrected chi connectivity index (χ0v) is 11.5. The molecule has 1 aliphatic rings. The molecule has 0 aromatic heterocycles. The molecule has 0 spiro atoms. The largest absolute Gasteiger partial charge is 0.313 e. The van der Waals surface area contributed by atoms with Crippen LogP contribution < -0.4 is 5.32 Å². The molecule has 4 heteroatoms. The fourth-order valence-electron chi connectivity index (χ4n) is 2.36. The second kappa shape index (κ2) is 6.01.